The fourth-order valence-electron chi connectivity index (χ4n) is 7.58. The number of nitro benzene ring substituents is 1. The topological polar surface area (TPSA) is 101 Å². The molecule has 3 aliphatic carbocycles. The van der Waals surface area contributed by atoms with Gasteiger partial charge in [0, 0.05) is 62.7 Å². The van der Waals surface area contributed by atoms with Crippen LogP contribution in [0.25, 0.3) is 0 Å². The molecule has 3 saturated carbocycles. The predicted octanol–water partition coefficient (Wildman–Crippen LogP) is 6.29. The van der Waals surface area contributed by atoms with Gasteiger partial charge in [0.25, 0.3) is 5.69 Å². The second-order valence-electron chi connectivity index (χ2n) is 12.6. The van der Waals surface area contributed by atoms with Gasteiger partial charge in [-0.1, -0.05) is 6.42 Å². The van der Waals surface area contributed by atoms with Crippen LogP contribution in [0.1, 0.15) is 63.4 Å². The van der Waals surface area contributed by atoms with Crippen molar-refractivity contribution in [2.24, 2.45) is 17.8 Å². The van der Waals surface area contributed by atoms with Crippen LogP contribution in [0.4, 0.5) is 30.4 Å². The number of anilines is 2. The highest BCUT2D eigenvalue weighted by molar-refractivity contribution is 5.77. The van der Waals surface area contributed by atoms with Crippen molar-refractivity contribution in [3.63, 3.8) is 0 Å². The predicted molar refractivity (Wildman–Crippen MR) is 155 cm³/mol. The van der Waals surface area contributed by atoms with Gasteiger partial charge in [0.05, 0.1) is 11.0 Å². The van der Waals surface area contributed by atoms with Crippen LogP contribution in [0, 0.1) is 27.9 Å². The number of aromatic nitrogens is 1. The number of hydrogen-bond acceptors (Lipinski definition) is 7. The number of carbonyl (C=O) groups excluding carboxylic acids is 1. The molecule has 6 rings (SSSR count). The number of amides is 1. The standard InChI is InChI=1S/C31H38F3N5O4/c32-31(33,34)27-18-24(5-8-28(27)39(41)42)36-23-3-6-25(7-4-23)43-26-9-10-35-29(19-26)37-11-13-38(14-12-37)30(40)17-22-16-20-1-2-21(22)15-20/h5,8-10,18-23,25,36H,1-4,6-7,11-17H2. The van der Waals surface area contributed by atoms with Gasteiger partial charge in [-0.3, -0.25) is 14.9 Å². The van der Waals surface area contributed by atoms with Crippen LogP contribution >= 0.6 is 0 Å². The minimum absolute atomic E-state index is 0.0313. The highest BCUT2D eigenvalue weighted by Gasteiger charge is 2.41. The zero-order chi connectivity index (χ0) is 30.1. The molecule has 1 aliphatic heterocycles. The maximum Gasteiger partial charge on any atom is 0.423 e. The molecule has 3 atom stereocenters. The number of halogens is 3. The molecule has 4 aliphatic rings. The summed E-state index contributed by atoms with van der Waals surface area (Å²) in [6, 6.07) is 6.75. The first kappa shape index (κ1) is 29.5. The zero-order valence-corrected chi connectivity index (χ0v) is 24.1. The summed E-state index contributed by atoms with van der Waals surface area (Å²) in [5, 5.41) is 14.1. The summed E-state index contributed by atoms with van der Waals surface area (Å²) in [6.45, 7) is 2.86. The molecule has 9 nitrogen and oxygen atoms in total. The summed E-state index contributed by atoms with van der Waals surface area (Å²) >= 11 is 0. The van der Waals surface area contributed by atoms with Crippen molar-refractivity contribution in [1.29, 1.82) is 0 Å². The maximum atomic E-state index is 13.3. The largest absolute Gasteiger partial charge is 0.490 e. The number of carbonyl (C=O) groups is 1. The SMILES string of the molecule is O=C(CC1CC2CCC1C2)N1CCN(c2cc(OC3CCC(Nc4ccc([N+](=O)[O-])c(C(F)(F)F)c4)CC3)ccn2)CC1. The number of rotatable bonds is 8. The maximum absolute atomic E-state index is 13.3. The number of hydrogen-bond donors (Lipinski definition) is 1. The molecule has 232 valence electrons. The number of fused-ring (bicyclic) bond motifs is 2. The fourth-order valence-corrected chi connectivity index (χ4v) is 7.58. The van der Waals surface area contributed by atoms with E-state index in [9.17, 15) is 28.1 Å². The van der Waals surface area contributed by atoms with Gasteiger partial charge in [0.15, 0.2) is 0 Å². The average molecular weight is 602 g/mol. The third-order valence-electron chi connectivity index (χ3n) is 9.84. The van der Waals surface area contributed by atoms with Gasteiger partial charge in [-0.15, -0.1) is 0 Å². The molecule has 4 fully saturated rings. The highest BCUT2D eigenvalue weighted by Crippen LogP contribution is 2.49. The Morgan fingerprint density at radius 2 is 1.79 bits per heavy atom. The number of benzene rings is 1. The Morgan fingerprint density at radius 3 is 2.44 bits per heavy atom. The van der Waals surface area contributed by atoms with Gasteiger partial charge >= 0.3 is 6.18 Å². The van der Waals surface area contributed by atoms with E-state index in [0.29, 0.717) is 44.2 Å². The highest BCUT2D eigenvalue weighted by atomic mass is 19.4. The second kappa shape index (κ2) is 12.2. The van der Waals surface area contributed by atoms with Gasteiger partial charge in [-0.25, -0.2) is 4.98 Å². The number of alkyl halides is 3. The van der Waals surface area contributed by atoms with E-state index in [1.807, 2.05) is 17.0 Å². The Labute approximate surface area is 248 Å². The summed E-state index contributed by atoms with van der Waals surface area (Å²) in [7, 11) is 0. The van der Waals surface area contributed by atoms with Gasteiger partial charge in [0.1, 0.15) is 17.1 Å². The number of nitrogens with zero attached hydrogens (tertiary/aromatic N) is 4. The van der Waals surface area contributed by atoms with Crippen molar-refractivity contribution in [2.75, 3.05) is 36.4 Å². The van der Waals surface area contributed by atoms with Crippen molar-refractivity contribution in [1.82, 2.24) is 9.88 Å². The van der Waals surface area contributed by atoms with E-state index in [-0.39, 0.29) is 17.8 Å². The Morgan fingerprint density at radius 1 is 1.02 bits per heavy atom. The molecule has 1 aromatic heterocycles. The molecular weight excluding hydrogens is 563 g/mol. The molecule has 0 spiro atoms. The first-order valence-corrected chi connectivity index (χ1v) is 15.4. The number of piperazine rings is 1. The fraction of sp³-hybridized carbons (Fsp3) is 0.613. The van der Waals surface area contributed by atoms with Crippen molar-refractivity contribution in [2.45, 2.75) is 76.1 Å². The summed E-state index contributed by atoms with van der Waals surface area (Å²) in [4.78, 5) is 31.7. The summed E-state index contributed by atoms with van der Waals surface area (Å²) in [6.07, 6.45) is 5.62. The van der Waals surface area contributed by atoms with Gasteiger partial charge in [-0.2, -0.15) is 13.2 Å². The van der Waals surface area contributed by atoms with E-state index in [1.165, 1.54) is 31.7 Å². The molecule has 2 aromatic rings. The van der Waals surface area contributed by atoms with Crippen molar-refractivity contribution < 1.29 is 27.6 Å². The second-order valence-corrected chi connectivity index (χ2v) is 12.6. The molecule has 12 heteroatoms. The monoisotopic (exact) mass is 601 g/mol. The van der Waals surface area contributed by atoms with Crippen LogP contribution in [0.15, 0.2) is 36.5 Å². The smallest absolute Gasteiger partial charge is 0.423 e. The lowest BCUT2D eigenvalue weighted by atomic mass is 9.86. The first-order valence-electron chi connectivity index (χ1n) is 15.4. The normalized spacial score (nSPS) is 27.3. The molecule has 1 amide bonds. The van der Waals surface area contributed by atoms with E-state index < -0.39 is 22.4 Å². The number of ether oxygens (including phenoxy) is 1. The van der Waals surface area contributed by atoms with Crippen molar-refractivity contribution in [3.8, 4) is 5.75 Å². The molecule has 0 radical (unpaired) electrons. The summed E-state index contributed by atoms with van der Waals surface area (Å²) < 4.78 is 46.3. The number of nitro groups is 1. The molecule has 2 bridgehead atoms. The van der Waals surface area contributed by atoms with Crippen LogP contribution in [0.5, 0.6) is 5.75 Å². The molecular formula is C31H38F3N5O4. The summed E-state index contributed by atoms with van der Waals surface area (Å²) in [5.41, 5.74) is -1.99. The van der Waals surface area contributed by atoms with E-state index >= 15 is 0 Å². The van der Waals surface area contributed by atoms with Crippen LogP contribution < -0.4 is 15.0 Å². The Bertz CT molecular complexity index is 1320. The average Bonchev–Trinajstić information content (AvgIpc) is 3.61. The minimum Gasteiger partial charge on any atom is -0.490 e. The van der Waals surface area contributed by atoms with E-state index in [2.05, 4.69) is 15.2 Å². The Balaban J connectivity index is 0.967. The van der Waals surface area contributed by atoms with Crippen molar-refractivity contribution in [3.05, 3.63) is 52.2 Å². The molecule has 43 heavy (non-hydrogen) atoms. The molecule has 2 heterocycles. The van der Waals surface area contributed by atoms with E-state index in [4.69, 9.17) is 4.74 Å². The van der Waals surface area contributed by atoms with Gasteiger partial charge < -0.3 is 19.9 Å². The van der Waals surface area contributed by atoms with Crippen LogP contribution in [0.2, 0.25) is 0 Å². The van der Waals surface area contributed by atoms with Crippen LogP contribution in [0.3, 0.4) is 0 Å². The third-order valence-corrected chi connectivity index (χ3v) is 9.84. The molecule has 3 unspecified atom stereocenters. The van der Waals surface area contributed by atoms with Crippen molar-refractivity contribution >= 4 is 23.1 Å². The minimum atomic E-state index is -4.81. The van der Waals surface area contributed by atoms with E-state index in [1.54, 1.807) is 6.20 Å². The van der Waals surface area contributed by atoms with E-state index in [0.717, 1.165) is 61.5 Å². The number of pyridine rings is 1. The quantitative estimate of drug-likeness (QED) is 0.281. The third kappa shape index (κ3) is 6.83. The summed E-state index contributed by atoms with van der Waals surface area (Å²) in [5.74, 6) is 4.03. The molecule has 1 saturated heterocycles. The lowest BCUT2D eigenvalue weighted by Gasteiger charge is -2.36. The lowest BCUT2D eigenvalue weighted by molar-refractivity contribution is -0.388. The Hall–Kier alpha value is -3.57. The van der Waals surface area contributed by atoms with Gasteiger partial charge in [0.2, 0.25) is 5.91 Å². The first-order chi connectivity index (χ1) is 20.6. The van der Waals surface area contributed by atoms with Gasteiger partial charge in [-0.05, 0) is 80.9 Å². The zero-order valence-electron chi connectivity index (χ0n) is 24.1. The lowest BCUT2D eigenvalue weighted by Crippen LogP contribution is -2.49. The number of nitrogens with one attached hydrogen (secondary N) is 1. The Kier molecular flexibility index (Phi) is 8.37. The molecule has 1 aromatic carbocycles. The van der Waals surface area contributed by atoms with Crippen LogP contribution in [-0.2, 0) is 11.0 Å². The molecule has 1 N–H and O–H groups in total. The van der Waals surface area contributed by atoms with Crippen LogP contribution in [-0.4, -0.2) is 59.0 Å².